The van der Waals surface area contributed by atoms with Crippen LogP contribution in [0.15, 0.2) is 48.5 Å². The monoisotopic (exact) mass is 602 g/mol. The normalized spacial score (nSPS) is 15.7. The minimum atomic E-state index is -0.830. The number of aromatic amines is 1. The molecule has 12 heteroatoms. The molecule has 12 nitrogen and oxygen atoms in total. The van der Waals surface area contributed by atoms with Crippen molar-refractivity contribution < 1.29 is 19.2 Å². The molecule has 3 atom stereocenters. The Morgan fingerprint density at radius 3 is 2.48 bits per heavy atom. The van der Waals surface area contributed by atoms with Gasteiger partial charge < -0.3 is 16.0 Å². The highest BCUT2D eigenvalue weighted by molar-refractivity contribution is 6.05. The molecule has 234 valence electrons. The third-order valence-corrected chi connectivity index (χ3v) is 7.74. The molecule has 1 aliphatic rings. The molecule has 3 aromatic rings. The summed E-state index contributed by atoms with van der Waals surface area (Å²) in [7, 11) is 0. The van der Waals surface area contributed by atoms with Gasteiger partial charge in [0.1, 0.15) is 11.8 Å². The van der Waals surface area contributed by atoms with E-state index < -0.39 is 17.9 Å². The predicted molar refractivity (Wildman–Crippen MR) is 167 cm³/mol. The number of ketones is 1. The van der Waals surface area contributed by atoms with E-state index in [-0.39, 0.29) is 55.0 Å². The second-order valence-corrected chi connectivity index (χ2v) is 12.4. The number of aromatic nitrogens is 4. The molecule has 3 amide bonds. The summed E-state index contributed by atoms with van der Waals surface area (Å²) in [5, 5.41) is 22.6. The van der Waals surface area contributed by atoms with Gasteiger partial charge in [-0.25, -0.2) is 0 Å². The zero-order valence-electron chi connectivity index (χ0n) is 26.0. The van der Waals surface area contributed by atoms with E-state index >= 15 is 0 Å². The van der Waals surface area contributed by atoms with Crippen molar-refractivity contribution in [2.45, 2.75) is 78.4 Å². The number of tetrazole rings is 1. The standard InChI is InChI=1S/C32H42N8O4/c1-6-20(2)25(17-24(41)14-21-10-8-7-9-11-21)30(43)34-19-29(42)40-26-13-12-23(35-32(3,4)5)15-22(26)16-27(40)31(44)33-18-28-36-38-39-37-28/h7-13,15,20,25,27,35H,6,14,16-19H2,1-5H3,(H,33,44)(H,34,43)(H,36,37,38,39)/t20-,25-,27-/m0/s1. The summed E-state index contributed by atoms with van der Waals surface area (Å²) in [5.41, 5.74) is 3.04. The second kappa shape index (κ2) is 14.2. The van der Waals surface area contributed by atoms with Gasteiger partial charge in [0.05, 0.1) is 13.1 Å². The maximum absolute atomic E-state index is 13.7. The first-order valence-corrected chi connectivity index (χ1v) is 15.0. The molecule has 4 rings (SSSR count). The van der Waals surface area contributed by atoms with Crippen LogP contribution < -0.4 is 20.9 Å². The predicted octanol–water partition coefficient (Wildman–Crippen LogP) is 2.96. The number of fused-ring (bicyclic) bond motifs is 1. The molecule has 0 radical (unpaired) electrons. The number of carbonyl (C=O) groups is 4. The average Bonchev–Trinajstić information content (AvgIpc) is 3.64. The SMILES string of the molecule is CC[C@H](C)[C@H](CC(=O)Cc1ccccc1)C(=O)NCC(=O)N1c2ccc(NC(C)(C)C)cc2C[C@H]1C(=O)NCc1nn[nH]n1. The van der Waals surface area contributed by atoms with E-state index in [0.717, 1.165) is 16.8 Å². The van der Waals surface area contributed by atoms with E-state index in [1.807, 2.05) is 62.4 Å². The van der Waals surface area contributed by atoms with Crippen molar-refractivity contribution >= 4 is 34.9 Å². The van der Waals surface area contributed by atoms with Crippen LogP contribution in [0.25, 0.3) is 0 Å². The van der Waals surface area contributed by atoms with E-state index in [4.69, 9.17) is 0 Å². The van der Waals surface area contributed by atoms with Crippen molar-refractivity contribution in [1.29, 1.82) is 0 Å². The number of hydrogen-bond donors (Lipinski definition) is 4. The van der Waals surface area contributed by atoms with Crippen molar-refractivity contribution in [2.75, 3.05) is 16.8 Å². The number of Topliss-reactive ketones (excluding diaryl/α,β-unsaturated/α-hetero) is 1. The van der Waals surface area contributed by atoms with Gasteiger partial charge in [0.2, 0.25) is 17.7 Å². The topological polar surface area (TPSA) is 162 Å². The third kappa shape index (κ3) is 8.48. The van der Waals surface area contributed by atoms with Crippen LogP contribution in [0, 0.1) is 11.8 Å². The van der Waals surface area contributed by atoms with Gasteiger partial charge in [-0.2, -0.15) is 5.21 Å². The molecule has 4 N–H and O–H groups in total. The van der Waals surface area contributed by atoms with Crippen LogP contribution in [0.2, 0.25) is 0 Å². The van der Waals surface area contributed by atoms with Crippen LogP contribution >= 0.6 is 0 Å². The van der Waals surface area contributed by atoms with Gasteiger partial charge in [0.25, 0.3) is 0 Å². The van der Waals surface area contributed by atoms with Crippen molar-refractivity contribution in [2.24, 2.45) is 11.8 Å². The van der Waals surface area contributed by atoms with Crippen molar-refractivity contribution in [3.63, 3.8) is 0 Å². The number of hydrogen-bond acceptors (Lipinski definition) is 8. The van der Waals surface area contributed by atoms with Gasteiger partial charge in [0.15, 0.2) is 5.82 Å². The van der Waals surface area contributed by atoms with Crippen LogP contribution in [-0.4, -0.2) is 62.3 Å². The molecular formula is C32H42N8O4. The molecule has 0 aliphatic carbocycles. The molecule has 0 fully saturated rings. The molecule has 44 heavy (non-hydrogen) atoms. The summed E-state index contributed by atoms with van der Waals surface area (Å²) >= 11 is 0. The minimum absolute atomic E-state index is 0.0329. The number of benzene rings is 2. The van der Waals surface area contributed by atoms with Gasteiger partial charge in [0, 0.05) is 42.1 Å². The Bertz CT molecular complexity index is 1450. The maximum atomic E-state index is 13.7. The van der Waals surface area contributed by atoms with E-state index in [1.165, 1.54) is 4.90 Å². The number of anilines is 2. The Morgan fingerprint density at radius 1 is 1.07 bits per heavy atom. The fourth-order valence-corrected chi connectivity index (χ4v) is 5.38. The summed E-state index contributed by atoms with van der Waals surface area (Å²) < 4.78 is 0. The zero-order valence-corrected chi connectivity index (χ0v) is 26.0. The first kappa shape index (κ1) is 32.3. The van der Waals surface area contributed by atoms with Gasteiger partial charge in [-0.05, 0) is 56.0 Å². The van der Waals surface area contributed by atoms with E-state index in [2.05, 4.69) is 57.3 Å². The smallest absolute Gasteiger partial charge is 0.247 e. The third-order valence-electron chi connectivity index (χ3n) is 7.74. The fraction of sp³-hybridized carbons (Fsp3) is 0.469. The molecule has 0 spiro atoms. The van der Waals surface area contributed by atoms with Crippen molar-refractivity contribution in [3.05, 3.63) is 65.5 Å². The van der Waals surface area contributed by atoms with E-state index in [9.17, 15) is 19.2 Å². The first-order valence-electron chi connectivity index (χ1n) is 15.0. The van der Waals surface area contributed by atoms with Gasteiger partial charge in [-0.1, -0.05) is 55.8 Å². The Morgan fingerprint density at radius 2 is 1.82 bits per heavy atom. The fourth-order valence-electron chi connectivity index (χ4n) is 5.38. The summed E-state index contributed by atoms with van der Waals surface area (Å²) in [5.74, 6) is -1.50. The molecule has 1 aliphatic heterocycles. The lowest BCUT2D eigenvalue weighted by Crippen LogP contribution is -2.51. The van der Waals surface area contributed by atoms with Crippen molar-refractivity contribution in [1.82, 2.24) is 31.3 Å². The van der Waals surface area contributed by atoms with Crippen LogP contribution in [0.3, 0.4) is 0 Å². The lowest BCUT2D eigenvalue weighted by Gasteiger charge is -2.26. The number of rotatable bonds is 13. The Balaban J connectivity index is 1.48. The quantitative estimate of drug-likeness (QED) is 0.232. The van der Waals surface area contributed by atoms with Crippen LogP contribution in [0.5, 0.6) is 0 Å². The van der Waals surface area contributed by atoms with Crippen LogP contribution in [0.4, 0.5) is 11.4 Å². The lowest BCUT2D eigenvalue weighted by molar-refractivity contribution is -0.132. The lowest BCUT2D eigenvalue weighted by atomic mass is 9.85. The van der Waals surface area contributed by atoms with Crippen LogP contribution in [-0.2, 0) is 38.6 Å². The summed E-state index contributed by atoms with van der Waals surface area (Å²) in [4.78, 5) is 54.8. The largest absolute Gasteiger partial charge is 0.380 e. The molecule has 0 unspecified atom stereocenters. The highest BCUT2D eigenvalue weighted by Crippen LogP contribution is 2.35. The van der Waals surface area contributed by atoms with E-state index in [0.29, 0.717) is 24.4 Å². The number of H-pyrrole nitrogens is 1. The molecule has 0 bridgehead atoms. The second-order valence-electron chi connectivity index (χ2n) is 12.4. The average molecular weight is 603 g/mol. The summed E-state index contributed by atoms with van der Waals surface area (Å²) in [6.45, 7) is 9.80. The molecule has 2 heterocycles. The highest BCUT2D eigenvalue weighted by atomic mass is 16.2. The molecule has 0 saturated heterocycles. The Kier molecular flexibility index (Phi) is 10.5. The number of amides is 3. The Labute approximate surface area is 257 Å². The molecule has 0 saturated carbocycles. The molecule has 2 aromatic carbocycles. The van der Waals surface area contributed by atoms with Gasteiger partial charge in [-0.15, -0.1) is 10.2 Å². The first-order chi connectivity index (χ1) is 20.9. The number of nitrogens with one attached hydrogen (secondary N) is 4. The summed E-state index contributed by atoms with van der Waals surface area (Å²) in [6, 6.07) is 14.2. The highest BCUT2D eigenvalue weighted by Gasteiger charge is 2.39. The number of carbonyl (C=O) groups excluding carboxylic acids is 4. The van der Waals surface area contributed by atoms with Crippen LogP contribution in [0.1, 0.15) is 64.4 Å². The maximum Gasteiger partial charge on any atom is 0.247 e. The van der Waals surface area contributed by atoms with Gasteiger partial charge >= 0.3 is 0 Å². The van der Waals surface area contributed by atoms with E-state index in [1.54, 1.807) is 0 Å². The Hall–Kier alpha value is -4.61. The zero-order chi connectivity index (χ0) is 31.9. The van der Waals surface area contributed by atoms with Crippen molar-refractivity contribution in [3.8, 4) is 0 Å². The minimum Gasteiger partial charge on any atom is -0.380 e. The number of nitrogens with zero attached hydrogens (tertiary/aromatic N) is 4. The molecule has 1 aromatic heterocycles. The van der Waals surface area contributed by atoms with Gasteiger partial charge in [-0.3, -0.25) is 24.1 Å². The summed E-state index contributed by atoms with van der Waals surface area (Å²) in [6.07, 6.45) is 1.34. The molecular weight excluding hydrogens is 560 g/mol.